The molecule has 0 radical (unpaired) electrons. The Morgan fingerprint density at radius 3 is 2.68 bits per heavy atom. The fraction of sp³-hybridized carbons (Fsp3) is 0.333. The molecule has 1 heterocycles. The van der Waals surface area contributed by atoms with Gasteiger partial charge in [0.2, 0.25) is 0 Å². The number of thioether (sulfide) groups is 1. The lowest BCUT2D eigenvalue weighted by atomic mass is 10.2. The molecule has 0 N–H and O–H groups in total. The first kappa shape index (κ1) is 17.1. The molecule has 0 atom stereocenters. The number of imide groups is 1. The SMILES string of the molecule is COCCN1C(=O)S/C(=C/c2ccc(N(C)C)c(Br)c2)C1=O. The zero-order valence-electron chi connectivity index (χ0n) is 12.6. The molecule has 5 nitrogen and oxygen atoms in total. The van der Waals surface area contributed by atoms with Gasteiger partial charge in [0.1, 0.15) is 0 Å². The van der Waals surface area contributed by atoms with Crippen molar-refractivity contribution in [3.63, 3.8) is 0 Å². The summed E-state index contributed by atoms with van der Waals surface area (Å²) in [5.41, 5.74) is 1.92. The number of carbonyl (C=O) groups excluding carboxylic acids is 2. The maximum atomic E-state index is 12.2. The first-order valence-corrected chi connectivity index (χ1v) is 8.26. The number of halogens is 1. The smallest absolute Gasteiger partial charge is 0.293 e. The average Bonchev–Trinajstić information content (AvgIpc) is 2.71. The van der Waals surface area contributed by atoms with Gasteiger partial charge in [-0.1, -0.05) is 6.07 Å². The van der Waals surface area contributed by atoms with Gasteiger partial charge < -0.3 is 9.64 Å². The molecule has 0 aliphatic carbocycles. The summed E-state index contributed by atoms with van der Waals surface area (Å²) in [5.74, 6) is -0.264. The van der Waals surface area contributed by atoms with Crippen LogP contribution in [0.25, 0.3) is 6.08 Å². The maximum absolute atomic E-state index is 12.2. The first-order chi connectivity index (χ1) is 10.4. The lowest BCUT2D eigenvalue weighted by molar-refractivity contribution is -0.123. The van der Waals surface area contributed by atoms with Crippen LogP contribution in [0.1, 0.15) is 5.56 Å². The number of rotatable bonds is 5. The van der Waals surface area contributed by atoms with Crippen molar-refractivity contribution in [2.45, 2.75) is 0 Å². The van der Waals surface area contributed by atoms with Gasteiger partial charge in [0.05, 0.1) is 23.7 Å². The van der Waals surface area contributed by atoms with E-state index in [2.05, 4.69) is 15.9 Å². The third-order valence-corrected chi connectivity index (χ3v) is 4.69. The van der Waals surface area contributed by atoms with E-state index in [1.54, 1.807) is 13.2 Å². The summed E-state index contributed by atoms with van der Waals surface area (Å²) in [6, 6.07) is 5.81. The number of carbonyl (C=O) groups is 2. The van der Waals surface area contributed by atoms with E-state index in [4.69, 9.17) is 4.74 Å². The van der Waals surface area contributed by atoms with E-state index in [9.17, 15) is 9.59 Å². The van der Waals surface area contributed by atoms with E-state index < -0.39 is 0 Å². The Labute approximate surface area is 142 Å². The molecule has 0 aromatic heterocycles. The number of methoxy groups -OCH3 is 1. The fourth-order valence-corrected chi connectivity index (χ4v) is 3.62. The fourth-order valence-electron chi connectivity index (χ4n) is 2.00. The molecule has 2 rings (SSSR count). The van der Waals surface area contributed by atoms with E-state index >= 15 is 0 Å². The minimum absolute atomic E-state index is 0.253. The van der Waals surface area contributed by atoms with Crippen LogP contribution in [0, 0.1) is 0 Å². The topological polar surface area (TPSA) is 49.9 Å². The van der Waals surface area contributed by atoms with Crippen molar-refractivity contribution in [2.75, 3.05) is 39.3 Å². The number of nitrogens with zero attached hydrogens (tertiary/aromatic N) is 2. The molecule has 2 amide bonds. The van der Waals surface area contributed by atoms with E-state index in [1.165, 1.54) is 4.90 Å². The van der Waals surface area contributed by atoms with Gasteiger partial charge in [-0.2, -0.15) is 0 Å². The van der Waals surface area contributed by atoms with Crippen LogP contribution in [0.4, 0.5) is 10.5 Å². The predicted molar refractivity (Wildman–Crippen MR) is 93.0 cm³/mol. The molecular formula is C15H17BrN2O3S. The Balaban J connectivity index is 2.21. The molecule has 7 heteroatoms. The minimum atomic E-state index is -0.264. The lowest BCUT2D eigenvalue weighted by Gasteiger charge is -2.14. The highest BCUT2D eigenvalue weighted by Gasteiger charge is 2.34. The number of anilines is 1. The van der Waals surface area contributed by atoms with Gasteiger partial charge in [-0.3, -0.25) is 14.5 Å². The van der Waals surface area contributed by atoms with Gasteiger partial charge in [0.25, 0.3) is 11.1 Å². The zero-order chi connectivity index (χ0) is 16.3. The van der Waals surface area contributed by atoms with Crippen molar-refractivity contribution in [1.29, 1.82) is 0 Å². The molecule has 1 fully saturated rings. The molecule has 118 valence electrons. The second-order valence-electron chi connectivity index (χ2n) is 4.93. The van der Waals surface area contributed by atoms with E-state index in [1.807, 2.05) is 37.2 Å². The van der Waals surface area contributed by atoms with Crippen molar-refractivity contribution >= 4 is 50.6 Å². The Morgan fingerprint density at radius 1 is 1.36 bits per heavy atom. The monoisotopic (exact) mass is 384 g/mol. The predicted octanol–water partition coefficient (Wildman–Crippen LogP) is 3.20. The van der Waals surface area contributed by atoms with Crippen LogP contribution in [0.5, 0.6) is 0 Å². The van der Waals surface area contributed by atoms with Crippen molar-refractivity contribution in [2.24, 2.45) is 0 Å². The molecule has 0 saturated carbocycles. The molecular weight excluding hydrogens is 368 g/mol. The summed E-state index contributed by atoms with van der Waals surface area (Å²) in [6.07, 6.45) is 1.74. The second kappa shape index (κ2) is 7.30. The molecule has 0 unspecified atom stereocenters. The third kappa shape index (κ3) is 3.71. The number of hydrogen-bond donors (Lipinski definition) is 0. The van der Waals surface area contributed by atoms with E-state index in [0.717, 1.165) is 27.5 Å². The molecule has 1 saturated heterocycles. The largest absolute Gasteiger partial charge is 0.383 e. The van der Waals surface area contributed by atoms with Crippen LogP contribution in [-0.2, 0) is 9.53 Å². The minimum Gasteiger partial charge on any atom is -0.383 e. The molecule has 1 aromatic carbocycles. The quantitative estimate of drug-likeness (QED) is 0.729. The van der Waals surface area contributed by atoms with Gasteiger partial charge in [0, 0.05) is 25.7 Å². The summed E-state index contributed by atoms with van der Waals surface area (Å²) in [6.45, 7) is 0.621. The van der Waals surface area contributed by atoms with Crippen molar-refractivity contribution < 1.29 is 14.3 Å². The van der Waals surface area contributed by atoms with Crippen LogP contribution in [0.2, 0.25) is 0 Å². The normalized spacial score (nSPS) is 16.7. The number of amides is 2. The van der Waals surface area contributed by atoms with Gasteiger partial charge in [-0.05, 0) is 51.5 Å². The van der Waals surface area contributed by atoms with Gasteiger partial charge in [-0.25, -0.2) is 0 Å². The van der Waals surface area contributed by atoms with Crippen LogP contribution in [0.15, 0.2) is 27.6 Å². The Bertz CT molecular complexity index is 631. The van der Waals surface area contributed by atoms with Crippen molar-refractivity contribution in [3.05, 3.63) is 33.1 Å². The summed E-state index contributed by atoms with van der Waals surface area (Å²) >= 11 is 4.47. The molecule has 22 heavy (non-hydrogen) atoms. The van der Waals surface area contributed by atoms with Crippen molar-refractivity contribution in [1.82, 2.24) is 4.90 Å². The van der Waals surface area contributed by atoms with E-state index in [-0.39, 0.29) is 17.7 Å². The third-order valence-electron chi connectivity index (χ3n) is 3.14. The molecule has 0 bridgehead atoms. The summed E-state index contributed by atoms with van der Waals surface area (Å²) in [5, 5.41) is -0.253. The van der Waals surface area contributed by atoms with Gasteiger partial charge in [-0.15, -0.1) is 0 Å². The highest BCUT2D eigenvalue weighted by atomic mass is 79.9. The number of benzene rings is 1. The lowest BCUT2D eigenvalue weighted by Crippen LogP contribution is -2.31. The highest BCUT2D eigenvalue weighted by Crippen LogP contribution is 2.33. The standard InChI is InChI=1S/C15H17BrN2O3S/c1-17(2)12-5-4-10(8-11(12)16)9-13-14(19)18(6-7-21-3)15(20)22-13/h4-5,8-9H,6-7H2,1-3H3/b13-9+. The van der Waals surface area contributed by atoms with Gasteiger partial charge >= 0.3 is 0 Å². The number of hydrogen-bond acceptors (Lipinski definition) is 5. The molecule has 0 spiro atoms. The average molecular weight is 385 g/mol. The van der Waals surface area contributed by atoms with Crippen LogP contribution in [-0.4, -0.2) is 50.4 Å². The van der Waals surface area contributed by atoms with Crippen molar-refractivity contribution in [3.8, 4) is 0 Å². The zero-order valence-corrected chi connectivity index (χ0v) is 15.0. The number of ether oxygens (including phenoxy) is 1. The summed E-state index contributed by atoms with van der Waals surface area (Å²) in [4.78, 5) is 27.7. The highest BCUT2D eigenvalue weighted by molar-refractivity contribution is 9.10. The summed E-state index contributed by atoms with van der Waals surface area (Å²) < 4.78 is 5.85. The van der Waals surface area contributed by atoms with Crippen LogP contribution < -0.4 is 4.90 Å². The molecule has 1 aromatic rings. The van der Waals surface area contributed by atoms with Crippen LogP contribution in [0.3, 0.4) is 0 Å². The van der Waals surface area contributed by atoms with Crippen LogP contribution >= 0.6 is 27.7 Å². The Kier molecular flexibility index (Phi) is 5.66. The first-order valence-electron chi connectivity index (χ1n) is 6.65. The molecule has 1 aliphatic rings. The molecule has 1 aliphatic heterocycles. The van der Waals surface area contributed by atoms with E-state index in [0.29, 0.717) is 11.5 Å². The Hall–Kier alpha value is -1.31. The Morgan fingerprint density at radius 2 is 2.09 bits per heavy atom. The maximum Gasteiger partial charge on any atom is 0.293 e. The summed E-state index contributed by atoms with van der Waals surface area (Å²) in [7, 11) is 5.46. The second-order valence-corrected chi connectivity index (χ2v) is 6.78. The van der Waals surface area contributed by atoms with Gasteiger partial charge in [0.15, 0.2) is 0 Å².